The van der Waals surface area contributed by atoms with Crippen LogP contribution in [0.1, 0.15) is 24.3 Å². The average Bonchev–Trinajstić information content (AvgIpc) is 2.04. The molecular formula is C9H12N2O2. The lowest BCUT2D eigenvalue weighted by atomic mass is 10.3. The molecule has 0 aliphatic rings. The molecule has 0 fully saturated rings. The van der Waals surface area contributed by atoms with Crippen LogP contribution in [0.25, 0.3) is 0 Å². The van der Waals surface area contributed by atoms with E-state index in [0.717, 1.165) is 5.69 Å². The molecule has 0 aliphatic heterocycles. The third kappa shape index (κ3) is 2.74. The van der Waals surface area contributed by atoms with E-state index < -0.39 is 5.97 Å². The molecule has 0 saturated carbocycles. The minimum absolute atomic E-state index is 0.0642. The zero-order valence-electron chi connectivity index (χ0n) is 7.61. The zero-order chi connectivity index (χ0) is 9.84. The van der Waals surface area contributed by atoms with Gasteiger partial charge in [0.2, 0.25) is 0 Å². The van der Waals surface area contributed by atoms with Gasteiger partial charge in [0.1, 0.15) is 5.69 Å². The third-order valence-electron chi connectivity index (χ3n) is 1.44. The first-order valence-electron chi connectivity index (χ1n) is 4.05. The van der Waals surface area contributed by atoms with Gasteiger partial charge in [-0.05, 0) is 26.0 Å². The minimum atomic E-state index is -1.00. The number of hydrogen-bond donors (Lipinski definition) is 2. The van der Waals surface area contributed by atoms with Crippen LogP contribution in [0.2, 0.25) is 0 Å². The number of aromatic nitrogens is 1. The topological polar surface area (TPSA) is 62.2 Å². The molecule has 2 N–H and O–H groups in total. The molecule has 0 unspecified atom stereocenters. The Hall–Kier alpha value is -1.58. The lowest BCUT2D eigenvalue weighted by molar-refractivity contribution is 0.0690. The fourth-order valence-electron chi connectivity index (χ4n) is 0.939. The molecule has 0 amide bonds. The quantitative estimate of drug-likeness (QED) is 0.741. The van der Waals surface area contributed by atoms with Crippen LogP contribution in [0.5, 0.6) is 0 Å². The molecular weight excluding hydrogens is 168 g/mol. The van der Waals surface area contributed by atoms with Crippen molar-refractivity contribution >= 4 is 11.7 Å². The maximum atomic E-state index is 10.5. The summed E-state index contributed by atoms with van der Waals surface area (Å²) in [5.41, 5.74) is 0.898. The molecule has 1 heterocycles. The summed E-state index contributed by atoms with van der Waals surface area (Å²) in [6.07, 6.45) is 1.52. The van der Waals surface area contributed by atoms with E-state index in [1.165, 1.54) is 12.3 Å². The van der Waals surface area contributed by atoms with Crippen molar-refractivity contribution in [2.45, 2.75) is 19.9 Å². The number of carboxylic acid groups (broad SMARTS) is 1. The zero-order valence-corrected chi connectivity index (χ0v) is 7.61. The second-order valence-corrected chi connectivity index (χ2v) is 3.04. The third-order valence-corrected chi connectivity index (χ3v) is 1.44. The summed E-state index contributed by atoms with van der Waals surface area (Å²) in [4.78, 5) is 14.2. The maximum Gasteiger partial charge on any atom is 0.354 e. The van der Waals surface area contributed by atoms with Crippen molar-refractivity contribution < 1.29 is 9.90 Å². The molecule has 0 bridgehead atoms. The van der Waals surface area contributed by atoms with E-state index in [0.29, 0.717) is 6.04 Å². The fraction of sp³-hybridized carbons (Fsp3) is 0.333. The van der Waals surface area contributed by atoms with E-state index in [1.807, 2.05) is 13.8 Å². The molecule has 13 heavy (non-hydrogen) atoms. The van der Waals surface area contributed by atoms with E-state index >= 15 is 0 Å². The van der Waals surface area contributed by atoms with Crippen LogP contribution >= 0.6 is 0 Å². The summed E-state index contributed by atoms with van der Waals surface area (Å²) in [5, 5.41) is 11.7. The smallest absolute Gasteiger partial charge is 0.354 e. The lowest BCUT2D eigenvalue weighted by Crippen LogP contribution is -2.10. The predicted octanol–water partition coefficient (Wildman–Crippen LogP) is 1.60. The molecule has 0 saturated heterocycles. The summed E-state index contributed by atoms with van der Waals surface area (Å²) in [5.74, 6) is -1.00. The number of nitrogens with zero attached hydrogens (tertiary/aromatic N) is 1. The molecule has 1 aromatic rings. The van der Waals surface area contributed by atoms with Crippen LogP contribution in [-0.4, -0.2) is 22.1 Å². The van der Waals surface area contributed by atoms with E-state index in [2.05, 4.69) is 10.3 Å². The van der Waals surface area contributed by atoms with Gasteiger partial charge in [0.25, 0.3) is 0 Å². The average molecular weight is 180 g/mol. The normalized spacial score (nSPS) is 10.1. The van der Waals surface area contributed by atoms with Gasteiger partial charge in [-0.15, -0.1) is 0 Å². The summed E-state index contributed by atoms with van der Waals surface area (Å²) in [7, 11) is 0. The Kier molecular flexibility index (Phi) is 2.84. The van der Waals surface area contributed by atoms with Gasteiger partial charge in [-0.25, -0.2) is 9.78 Å². The molecule has 0 atom stereocenters. The molecule has 0 radical (unpaired) electrons. The van der Waals surface area contributed by atoms with Gasteiger partial charge in [0.15, 0.2) is 0 Å². The van der Waals surface area contributed by atoms with Gasteiger partial charge in [-0.2, -0.15) is 0 Å². The van der Waals surface area contributed by atoms with Crippen LogP contribution in [0.4, 0.5) is 5.69 Å². The Bertz CT molecular complexity index is 293. The van der Waals surface area contributed by atoms with Crippen molar-refractivity contribution in [2.24, 2.45) is 0 Å². The fourth-order valence-corrected chi connectivity index (χ4v) is 0.939. The number of carbonyl (C=O) groups is 1. The number of rotatable bonds is 3. The van der Waals surface area contributed by atoms with E-state index in [1.54, 1.807) is 6.07 Å². The van der Waals surface area contributed by atoms with Gasteiger partial charge in [0, 0.05) is 6.04 Å². The Morgan fingerprint density at radius 1 is 1.54 bits per heavy atom. The first-order chi connectivity index (χ1) is 6.09. The highest BCUT2D eigenvalue weighted by molar-refractivity contribution is 5.85. The molecule has 4 nitrogen and oxygen atoms in total. The van der Waals surface area contributed by atoms with Crippen LogP contribution in [0.3, 0.4) is 0 Å². The highest BCUT2D eigenvalue weighted by atomic mass is 16.4. The summed E-state index contributed by atoms with van der Waals surface area (Å²) in [6.45, 7) is 4.01. The van der Waals surface area contributed by atoms with Crippen LogP contribution < -0.4 is 5.32 Å². The first-order valence-corrected chi connectivity index (χ1v) is 4.05. The van der Waals surface area contributed by atoms with E-state index in [9.17, 15) is 4.79 Å². The van der Waals surface area contributed by atoms with Gasteiger partial charge >= 0.3 is 5.97 Å². The Morgan fingerprint density at radius 3 is 2.62 bits per heavy atom. The van der Waals surface area contributed by atoms with Crippen molar-refractivity contribution in [3.63, 3.8) is 0 Å². The summed E-state index contributed by atoms with van der Waals surface area (Å²) < 4.78 is 0. The van der Waals surface area contributed by atoms with Crippen molar-refractivity contribution in [1.82, 2.24) is 4.98 Å². The largest absolute Gasteiger partial charge is 0.477 e. The first kappa shape index (κ1) is 9.51. The Morgan fingerprint density at radius 2 is 2.23 bits per heavy atom. The maximum absolute atomic E-state index is 10.5. The lowest BCUT2D eigenvalue weighted by Gasteiger charge is -2.08. The van der Waals surface area contributed by atoms with Crippen LogP contribution in [0.15, 0.2) is 18.3 Å². The predicted molar refractivity (Wildman–Crippen MR) is 50.0 cm³/mol. The monoisotopic (exact) mass is 180 g/mol. The van der Waals surface area contributed by atoms with Crippen molar-refractivity contribution in [3.8, 4) is 0 Å². The van der Waals surface area contributed by atoms with Gasteiger partial charge in [0.05, 0.1) is 11.9 Å². The number of anilines is 1. The summed E-state index contributed by atoms with van der Waals surface area (Å²) in [6, 6.07) is 3.50. The van der Waals surface area contributed by atoms with Crippen LogP contribution in [-0.2, 0) is 0 Å². The molecule has 0 spiro atoms. The van der Waals surface area contributed by atoms with Crippen molar-refractivity contribution in [3.05, 3.63) is 24.0 Å². The SMILES string of the molecule is CC(C)Nc1ccc(C(=O)O)nc1. The number of carboxylic acids is 1. The number of aromatic carboxylic acids is 1. The second kappa shape index (κ2) is 3.89. The van der Waals surface area contributed by atoms with Crippen molar-refractivity contribution in [2.75, 3.05) is 5.32 Å². The van der Waals surface area contributed by atoms with Gasteiger partial charge < -0.3 is 10.4 Å². The number of pyridine rings is 1. The Labute approximate surface area is 76.6 Å². The van der Waals surface area contributed by atoms with Gasteiger partial charge in [-0.1, -0.05) is 0 Å². The summed E-state index contributed by atoms with van der Waals surface area (Å²) >= 11 is 0. The Balaban J connectivity index is 2.75. The molecule has 1 aromatic heterocycles. The number of hydrogen-bond acceptors (Lipinski definition) is 3. The number of nitrogens with one attached hydrogen (secondary N) is 1. The van der Waals surface area contributed by atoms with E-state index in [4.69, 9.17) is 5.11 Å². The van der Waals surface area contributed by atoms with E-state index in [-0.39, 0.29) is 5.69 Å². The molecule has 1 rings (SSSR count). The highest BCUT2D eigenvalue weighted by Gasteiger charge is 2.03. The molecule has 70 valence electrons. The van der Waals surface area contributed by atoms with Crippen molar-refractivity contribution in [1.29, 1.82) is 0 Å². The van der Waals surface area contributed by atoms with Gasteiger partial charge in [-0.3, -0.25) is 0 Å². The standard InChI is InChI=1S/C9H12N2O2/c1-6(2)11-7-3-4-8(9(12)13)10-5-7/h3-6,11H,1-2H3,(H,12,13). The molecule has 4 heteroatoms. The highest BCUT2D eigenvalue weighted by Crippen LogP contribution is 2.07. The van der Waals surface area contributed by atoms with Crippen LogP contribution in [0, 0.1) is 0 Å². The molecule has 0 aromatic carbocycles. The second-order valence-electron chi connectivity index (χ2n) is 3.04. The minimum Gasteiger partial charge on any atom is -0.477 e. The molecule has 0 aliphatic carbocycles.